The van der Waals surface area contributed by atoms with Crippen molar-refractivity contribution in [1.29, 1.82) is 0 Å². The van der Waals surface area contributed by atoms with Crippen LogP contribution in [0.15, 0.2) is 84.0 Å². The number of hydrogen-bond donors (Lipinski definition) is 0. The van der Waals surface area contributed by atoms with Crippen molar-refractivity contribution < 1.29 is 0 Å². The third-order valence-electron chi connectivity index (χ3n) is 9.48. The summed E-state index contributed by atoms with van der Waals surface area (Å²) in [6.45, 7) is 29.9. The Morgan fingerprint density at radius 3 is 1.29 bits per heavy atom. The number of rotatable bonds is 9. The van der Waals surface area contributed by atoms with Gasteiger partial charge < -0.3 is 0 Å². The zero-order chi connectivity index (χ0) is 33.2. The predicted octanol–water partition coefficient (Wildman–Crippen LogP) is 8.14. The second kappa shape index (κ2) is 14.3. The van der Waals surface area contributed by atoms with E-state index < -0.39 is 0 Å². The van der Waals surface area contributed by atoms with Crippen LogP contribution in [0.5, 0.6) is 0 Å². The fourth-order valence-electron chi connectivity index (χ4n) is 8.24. The molecule has 1 atom stereocenters. The second-order valence-corrected chi connectivity index (χ2v) is 14.4. The highest BCUT2D eigenvalue weighted by Gasteiger charge is 2.30. The van der Waals surface area contributed by atoms with Crippen molar-refractivity contribution in [1.82, 2.24) is 0 Å². The van der Waals surface area contributed by atoms with Gasteiger partial charge in [-0.25, -0.2) is 0 Å². The minimum atomic E-state index is 0.190. The molecular formula is C43H54B2. The number of aryl methyl sites for hydroxylation is 9. The molecule has 0 aliphatic heterocycles. The molecule has 0 saturated heterocycles. The predicted molar refractivity (Wildman–Crippen MR) is 205 cm³/mol. The summed E-state index contributed by atoms with van der Waals surface area (Å²) >= 11 is 0. The van der Waals surface area contributed by atoms with Gasteiger partial charge in [0.15, 0.2) is 0 Å². The van der Waals surface area contributed by atoms with E-state index in [1.54, 1.807) is 0 Å². The summed E-state index contributed by atoms with van der Waals surface area (Å²) in [5.41, 5.74) is 22.1. The second-order valence-electron chi connectivity index (χ2n) is 14.4. The summed E-state index contributed by atoms with van der Waals surface area (Å²) < 4.78 is 0. The summed E-state index contributed by atoms with van der Waals surface area (Å²) in [5, 5.41) is 0. The lowest BCUT2D eigenvalue weighted by molar-refractivity contribution is 0.815. The summed E-state index contributed by atoms with van der Waals surface area (Å²) in [6.07, 6.45) is 5.83. The summed E-state index contributed by atoms with van der Waals surface area (Å²) in [4.78, 5) is 0. The van der Waals surface area contributed by atoms with Crippen molar-refractivity contribution in [2.45, 2.75) is 96.3 Å². The van der Waals surface area contributed by atoms with E-state index in [0.717, 1.165) is 6.32 Å². The van der Waals surface area contributed by atoms with E-state index in [-0.39, 0.29) is 6.71 Å². The molecule has 0 aliphatic rings. The maximum atomic E-state index is 2.45. The van der Waals surface area contributed by atoms with Crippen molar-refractivity contribution in [3.05, 3.63) is 134 Å². The van der Waals surface area contributed by atoms with Crippen LogP contribution in [-0.4, -0.2) is 13.4 Å². The highest BCUT2D eigenvalue weighted by molar-refractivity contribution is 6.96. The summed E-state index contributed by atoms with van der Waals surface area (Å²) in [7, 11) is 0. The molecule has 0 saturated carbocycles. The zero-order valence-electron chi connectivity index (χ0n) is 30.4. The van der Waals surface area contributed by atoms with Gasteiger partial charge in [-0.05, 0) is 89.0 Å². The molecule has 0 aliphatic carbocycles. The maximum Gasteiger partial charge on any atom is 0.242 e. The Bertz CT molecular complexity index is 1620. The summed E-state index contributed by atoms with van der Waals surface area (Å²) in [5.74, 6) is 0.453. The van der Waals surface area contributed by atoms with Gasteiger partial charge in [0.1, 0.15) is 0 Å². The van der Waals surface area contributed by atoms with Crippen molar-refractivity contribution in [2.75, 3.05) is 0 Å². The van der Waals surface area contributed by atoms with Gasteiger partial charge in [-0.2, -0.15) is 0 Å². The lowest BCUT2D eigenvalue weighted by Crippen LogP contribution is -2.56. The molecule has 4 aromatic carbocycles. The summed E-state index contributed by atoms with van der Waals surface area (Å²) in [6, 6.07) is 23.9. The maximum absolute atomic E-state index is 2.45. The molecule has 0 bridgehead atoms. The molecular weight excluding hydrogens is 538 g/mol. The molecule has 1 unspecified atom stereocenters. The van der Waals surface area contributed by atoms with Gasteiger partial charge in [-0.1, -0.05) is 175 Å². The van der Waals surface area contributed by atoms with E-state index in [4.69, 9.17) is 0 Å². The lowest BCUT2D eigenvalue weighted by atomic mass is 9.33. The van der Waals surface area contributed by atoms with Gasteiger partial charge in [0.05, 0.1) is 0 Å². The first-order valence-electron chi connectivity index (χ1n) is 16.8. The quantitative estimate of drug-likeness (QED) is 0.136. The van der Waals surface area contributed by atoms with Gasteiger partial charge in [-0.3, -0.25) is 0 Å². The molecule has 45 heavy (non-hydrogen) atoms. The van der Waals surface area contributed by atoms with Crippen molar-refractivity contribution in [3.63, 3.8) is 0 Å². The average Bonchev–Trinajstić information content (AvgIpc) is 2.89. The van der Waals surface area contributed by atoms with Crippen LogP contribution in [0.25, 0.3) is 0 Å². The number of allylic oxidation sites excluding steroid dienone is 4. The molecule has 0 spiro atoms. The highest BCUT2D eigenvalue weighted by Crippen LogP contribution is 2.18. The number of benzene rings is 4. The Kier molecular flexibility index (Phi) is 10.9. The van der Waals surface area contributed by atoms with Gasteiger partial charge in [0, 0.05) is 0 Å². The molecule has 4 rings (SSSR count). The monoisotopic (exact) mass is 592 g/mol. The first kappa shape index (κ1) is 34.4. The van der Waals surface area contributed by atoms with Crippen LogP contribution in [0.4, 0.5) is 0 Å². The molecule has 0 amide bonds. The molecule has 0 aromatic heterocycles. The van der Waals surface area contributed by atoms with Gasteiger partial charge in [0.2, 0.25) is 13.4 Å². The first-order valence-corrected chi connectivity index (χ1v) is 16.8. The molecule has 4 aromatic rings. The van der Waals surface area contributed by atoms with Crippen LogP contribution in [-0.2, 0) is 0 Å². The molecule has 0 heterocycles. The molecule has 232 valence electrons. The third-order valence-corrected chi connectivity index (χ3v) is 9.48. The van der Waals surface area contributed by atoms with E-state index in [1.165, 1.54) is 88.5 Å². The molecule has 0 fully saturated rings. The van der Waals surface area contributed by atoms with Crippen LogP contribution in [0.2, 0.25) is 6.32 Å². The van der Waals surface area contributed by atoms with Crippen molar-refractivity contribution in [3.8, 4) is 0 Å². The van der Waals surface area contributed by atoms with E-state index in [0.29, 0.717) is 12.6 Å². The lowest BCUT2D eigenvalue weighted by Gasteiger charge is -2.26. The Balaban J connectivity index is 1.88. The molecule has 0 nitrogen and oxygen atoms in total. The normalized spacial score (nSPS) is 12.2. The van der Waals surface area contributed by atoms with Crippen molar-refractivity contribution >= 4 is 40.7 Å². The Morgan fingerprint density at radius 2 is 0.911 bits per heavy atom. The van der Waals surface area contributed by atoms with Crippen LogP contribution in [0.1, 0.15) is 77.8 Å². The topological polar surface area (TPSA) is 0 Å². The van der Waals surface area contributed by atoms with Gasteiger partial charge in [0.25, 0.3) is 0 Å². The molecule has 0 N–H and O–H groups in total. The third kappa shape index (κ3) is 8.02. The smallest absolute Gasteiger partial charge is 0.0794 e. The van der Waals surface area contributed by atoms with Crippen LogP contribution in [0.3, 0.4) is 0 Å². The SMILES string of the molecule is CC(C)=C/C(C)=C\C(C)CB(c1ccc(B(c2c(C)cc(C)cc2C)c2c(C)cc(C)cc2C)cc1)c1c(C)cc(C)cc1C. The Morgan fingerprint density at radius 1 is 0.556 bits per heavy atom. The fourth-order valence-corrected chi connectivity index (χ4v) is 8.24. The van der Waals surface area contributed by atoms with Crippen LogP contribution < -0.4 is 27.3 Å². The number of hydrogen-bond acceptors (Lipinski definition) is 0. The fraction of sp³-hybridized carbons (Fsp3) is 0.349. The Labute approximate surface area is 276 Å². The largest absolute Gasteiger partial charge is 0.242 e. The molecule has 0 radical (unpaired) electrons. The standard InChI is InChI=1S/C43H54B2/c1-27(2)18-28(3)19-32(7)26-44(41-33(8)20-29(4)21-34(41)9)39-14-16-40(17-15-39)45(42-35(10)22-30(5)23-36(42)11)43-37(12)24-31(6)25-38(43)13/h14-25,32H,26H2,1-13H3/b28-19-. The first-order chi connectivity index (χ1) is 21.2. The van der Waals surface area contributed by atoms with Gasteiger partial charge >= 0.3 is 0 Å². The van der Waals surface area contributed by atoms with Crippen LogP contribution >= 0.6 is 0 Å². The zero-order valence-corrected chi connectivity index (χ0v) is 30.4. The Hall–Kier alpha value is -3.51. The minimum Gasteiger partial charge on any atom is -0.0794 e. The molecule has 2 heteroatoms. The van der Waals surface area contributed by atoms with Gasteiger partial charge in [-0.15, -0.1) is 0 Å². The highest BCUT2D eigenvalue weighted by atomic mass is 14.1. The van der Waals surface area contributed by atoms with E-state index in [9.17, 15) is 0 Å². The average molecular weight is 593 g/mol. The minimum absolute atomic E-state index is 0.190. The van der Waals surface area contributed by atoms with E-state index in [2.05, 4.69) is 163 Å². The van der Waals surface area contributed by atoms with E-state index in [1.807, 2.05) is 0 Å². The van der Waals surface area contributed by atoms with Crippen LogP contribution in [0, 0.1) is 68.2 Å². The van der Waals surface area contributed by atoms with E-state index >= 15 is 0 Å². The van der Waals surface area contributed by atoms with Crippen molar-refractivity contribution in [2.24, 2.45) is 5.92 Å².